The van der Waals surface area contributed by atoms with Crippen LogP contribution in [0.3, 0.4) is 0 Å². The van der Waals surface area contributed by atoms with Crippen molar-refractivity contribution >= 4 is 38.9 Å². The van der Waals surface area contributed by atoms with Gasteiger partial charge in [0.2, 0.25) is 5.91 Å². The Bertz CT molecular complexity index is 1380. The Hall–Kier alpha value is -3.83. The van der Waals surface area contributed by atoms with Gasteiger partial charge in [-0.3, -0.25) is 9.10 Å². The number of carbonyl (C=O) groups excluding carboxylic acids is 1. The highest BCUT2D eigenvalue weighted by atomic mass is 35.5. The van der Waals surface area contributed by atoms with Gasteiger partial charge >= 0.3 is 0 Å². The van der Waals surface area contributed by atoms with Crippen molar-refractivity contribution in [2.24, 2.45) is 0 Å². The molecule has 0 spiro atoms. The predicted molar refractivity (Wildman–Crippen MR) is 140 cm³/mol. The number of carbonyl (C=O) groups is 1. The standard InChI is InChI=1S/C25H27ClN2O8S/c1-32-17-7-10-21(33-2)19(13-17)27-25(29)15-28(20-12-16(26)6-9-22(20)34-3)37(30,31)18-8-11-23(35-4)24(14-18)36-5/h6-14H,15H2,1-5H3,(H,27,29). The van der Waals surface area contributed by atoms with Crippen LogP contribution >= 0.6 is 11.6 Å². The molecule has 0 aliphatic heterocycles. The number of ether oxygens (including phenoxy) is 5. The number of benzene rings is 3. The molecule has 3 rings (SSSR count). The fraction of sp³-hybridized carbons (Fsp3) is 0.240. The molecule has 0 radical (unpaired) electrons. The molecule has 37 heavy (non-hydrogen) atoms. The van der Waals surface area contributed by atoms with E-state index in [-0.39, 0.29) is 27.1 Å². The molecule has 0 aliphatic rings. The van der Waals surface area contributed by atoms with E-state index in [4.69, 9.17) is 35.3 Å². The first-order valence-corrected chi connectivity index (χ1v) is 12.6. The van der Waals surface area contributed by atoms with E-state index in [0.717, 1.165) is 4.31 Å². The van der Waals surface area contributed by atoms with Gasteiger partial charge < -0.3 is 29.0 Å². The van der Waals surface area contributed by atoms with E-state index < -0.39 is 22.5 Å². The maximum atomic E-state index is 13.9. The van der Waals surface area contributed by atoms with Gasteiger partial charge in [-0.1, -0.05) is 11.6 Å². The number of nitrogens with zero attached hydrogens (tertiary/aromatic N) is 1. The highest BCUT2D eigenvalue weighted by Crippen LogP contribution is 2.37. The number of rotatable bonds is 11. The molecule has 3 aromatic rings. The smallest absolute Gasteiger partial charge is 0.265 e. The molecule has 0 heterocycles. The van der Waals surface area contributed by atoms with Crippen LogP contribution in [0, 0.1) is 0 Å². The normalized spacial score (nSPS) is 10.9. The van der Waals surface area contributed by atoms with Crippen molar-refractivity contribution in [1.29, 1.82) is 0 Å². The fourth-order valence-corrected chi connectivity index (χ4v) is 5.10. The van der Waals surface area contributed by atoms with Gasteiger partial charge in [-0.05, 0) is 42.5 Å². The van der Waals surface area contributed by atoms with Crippen molar-refractivity contribution in [3.05, 3.63) is 59.6 Å². The molecule has 0 bridgehead atoms. The van der Waals surface area contributed by atoms with Crippen molar-refractivity contribution in [1.82, 2.24) is 0 Å². The molecule has 198 valence electrons. The lowest BCUT2D eigenvalue weighted by molar-refractivity contribution is -0.114. The Labute approximate surface area is 220 Å². The molecular weight excluding hydrogens is 524 g/mol. The number of hydrogen-bond donors (Lipinski definition) is 1. The number of hydrogen-bond acceptors (Lipinski definition) is 8. The van der Waals surface area contributed by atoms with Crippen molar-refractivity contribution in [3.63, 3.8) is 0 Å². The largest absolute Gasteiger partial charge is 0.497 e. The van der Waals surface area contributed by atoms with Crippen molar-refractivity contribution in [2.75, 3.05) is 51.7 Å². The average molecular weight is 551 g/mol. The lowest BCUT2D eigenvalue weighted by atomic mass is 10.2. The Morgan fingerprint density at radius 3 is 2.03 bits per heavy atom. The first-order chi connectivity index (χ1) is 17.7. The molecule has 0 fully saturated rings. The summed E-state index contributed by atoms with van der Waals surface area (Å²) in [5.41, 5.74) is 0.367. The molecule has 10 nitrogen and oxygen atoms in total. The van der Waals surface area contributed by atoms with Gasteiger partial charge in [-0.2, -0.15) is 0 Å². The van der Waals surface area contributed by atoms with Crippen LogP contribution < -0.4 is 33.3 Å². The molecule has 0 atom stereocenters. The van der Waals surface area contributed by atoms with Crippen LogP contribution in [-0.4, -0.2) is 56.4 Å². The lowest BCUT2D eigenvalue weighted by Gasteiger charge is -2.26. The van der Waals surface area contributed by atoms with Gasteiger partial charge in [0, 0.05) is 17.2 Å². The Balaban J connectivity index is 2.09. The number of halogens is 1. The maximum Gasteiger partial charge on any atom is 0.265 e. The second-order valence-corrected chi connectivity index (χ2v) is 9.76. The summed E-state index contributed by atoms with van der Waals surface area (Å²) in [5.74, 6) is 0.924. The van der Waals surface area contributed by atoms with Crippen LogP contribution in [0.1, 0.15) is 0 Å². The molecule has 1 N–H and O–H groups in total. The van der Waals surface area contributed by atoms with Gasteiger partial charge in [-0.25, -0.2) is 8.42 Å². The summed E-state index contributed by atoms with van der Waals surface area (Å²) in [4.78, 5) is 13.1. The van der Waals surface area contributed by atoms with Gasteiger partial charge in [0.25, 0.3) is 10.0 Å². The van der Waals surface area contributed by atoms with Crippen LogP contribution in [0.2, 0.25) is 5.02 Å². The zero-order valence-electron chi connectivity index (χ0n) is 20.9. The maximum absolute atomic E-state index is 13.9. The number of methoxy groups -OCH3 is 5. The number of anilines is 2. The number of amides is 1. The molecule has 0 saturated heterocycles. The van der Waals surface area contributed by atoms with Crippen molar-refractivity contribution in [2.45, 2.75) is 4.90 Å². The van der Waals surface area contributed by atoms with Gasteiger partial charge in [0.1, 0.15) is 23.8 Å². The molecule has 1 amide bonds. The monoisotopic (exact) mass is 550 g/mol. The molecule has 3 aromatic carbocycles. The minimum atomic E-state index is -4.33. The zero-order chi connectivity index (χ0) is 27.2. The third kappa shape index (κ3) is 6.12. The quantitative estimate of drug-likeness (QED) is 0.378. The van der Waals surface area contributed by atoms with Crippen molar-refractivity contribution < 1.29 is 36.9 Å². The van der Waals surface area contributed by atoms with Crippen LogP contribution in [0.25, 0.3) is 0 Å². The Morgan fingerprint density at radius 1 is 0.784 bits per heavy atom. The van der Waals surface area contributed by atoms with Gasteiger partial charge in [0.05, 0.1) is 51.8 Å². The topological polar surface area (TPSA) is 113 Å². The summed E-state index contributed by atoms with van der Waals surface area (Å²) in [5, 5.41) is 2.93. The number of nitrogens with one attached hydrogen (secondary N) is 1. The second-order valence-electron chi connectivity index (χ2n) is 7.46. The molecular formula is C25H27ClN2O8S. The zero-order valence-corrected chi connectivity index (χ0v) is 22.5. The molecule has 0 unspecified atom stereocenters. The third-order valence-electron chi connectivity index (χ3n) is 5.32. The Kier molecular flexibility index (Phi) is 8.95. The predicted octanol–water partition coefficient (Wildman–Crippen LogP) is 4.22. The fourth-order valence-electron chi connectivity index (χ4n) is 3.49. The minimum absolute atomic E-state index is 0.0672. The first-order valence-electron chi connectivity index (χ1n) is 10.8. The molecule has 0 aliphatic carbocycles. The highest BCUT2D eigenvalue weighted by molar-refractivity contribution is 7.92. The summed E-state index contributed by atoms with van der Waals surface area (Å²) in [6.45, 7) is -0.617. The third-order valence-corrected chi connectivity index (χ3v) is 7.31. The molecule has 0 aromatic heterocycles. The lowest BCUT2D eigenvalue weighted by Crippen LogP contribution is -2.38. The first kappa shape index (κ1) is 27.8. The Morgan fingerprint density at radius 2 is 1.41 bits per heavy atom. The molecule has 0 saturated carbocycles. The van der Waals surface area contributed by atoms with E-state index in [1.54, 1.807) is 24.3 Å². The summed E-state index contributed by atoms with van der Waals surface area (Å²) < 4.78 is 55.1. The van der Waals surface area contributed by atoms with E-state index >= 15 is 0 Å². The van der Waals surface area contributed by atoms with Gasteiger partial charge in [-0.15, -0.1) is 0 Å². The van der Waals surface area contributed by atoms with E-state index in [9.17, 15) is 13.2 Å². The van der Waals surface area contributed by atoms with E-state index in [1.165, 1.54) is 65.9 Å². The minimum Gasteiger partial charge on any atom is -0.497 e. The van der Waals surface area contributed by atoms with E-state index in [2.05, 4.69) is 5.32 Å². The van der Waals surface area contributed by atoms with Crippen LogP contribution in [0.5, 0.6) is 28.7 Å². The summed E-state index contributed by atoms with van der Waals surface area (Å²) in [7, 11) is 2.81. The SMILES string of the molecule is COc1ccc(OC)c(NC(=O)CN(c2cc(Cl)ccc2OC)S(=O)(=O)c2ccc(OC)c(OC)c2)c1. The number of sulfonamides is 1. The van der Waals surface area contributed by atoms with Crippen LogP contribution in [0.4, 0.5) is 11.4 Å². The van der Waals surface area contributed by atoms with Crippen LogP contribution in [-0.2, 0) is 14.8 Å². The summed E-state index contributed by atoms with van der Waals surface area (Å²) >= 11 is 6.20. The summed E-state index contributed by atoms with van der Waals surface area (Å²) in [6.07, 6.45) is 0. The van der Waals surface area contributed by atoms with E-state index in [0.29, 0.717) is 22.9 Å². The highest BCUT2D eigenvalue weighted by Gasteiger charge is 2.31. The molecule has 12 heteroatoms. The average Bonchev–Trinajstić information content (AvgIpc) is 2.90. The van der Waals surface area contributed by atoms with Crippen molar-refractivity contribution in [3.8, 4) is 28.7 Å². The van der Waals surface area contributed by atoms with Crippen LogP contribution in [0.15, 0.2) is 59.5 Å². The summed E-state index contributed by atoms with van der Waals surface area (Å²) in [6, 6.07) is 13.4. The van der Waals surface area contributed by atoms with E-state index in [1.807, 2.05) is 0 Å². The second kappa shape index (κ2) is 11.9. The van der Waals surface area contributed by atoms with Gasteiger partial charge in [0.15, 0.2) is 11.5 Å².